The molecule has 12 rings (SSSR count). The van der Waals surface area contributed by atoms with Crippen LogP contribution in [0.25, 0.3) is 90.1 Å². The minimum Gasteiger partial charge on any atom is -0.310 e. The van der Waals surface area contributed by atoms with Crippen molar-refractivity contribution in [2.75, 3.05) is 4.90 Å². The molecule has 0 radical (unpaired) electrons. The van der Waals surface area contributed by atoms with Crippen LogP contribution in [0.5, 0.6) is 0 Å². The van der Waals surface area contributed by atoms with Gasteiger partial charge in [0.15, 0.2) is 0 Å². The molecule has 9 aromatic carbocycles. The van der Waals surface area contributed by atoms with Crippen LogP contribution < -0.4 is 4.90 Å². The molecule has 4 heteroatoms. The minimum atomic E-state index is 1.11. The first kappa shape index (κ1) is 33.2. The van der Waals surface area contributed by atoms with E-state index in [1.807, 2.05) is 22.7 Å². The molecule has 0 atom stereocenters. The van der Waals surface area contributed by atoms with Crippen molar-refractivity contribution in [2.24, 2.45) is 0 Å². The van der Waals surface area contributed by atoms with Crippen LogP contribution in [0.1, 0.15) is 0 Å². The van der Waals surface area contributed by atoms with Crippen LogP contribution in [0.4, 0.5) is 17.1 Å². The summed E-state index contributed by atoms with van der Waals surface area (Å²) in [6.07, 6.45) is 0. The maximum atomic E-state index is 2.47. The first-order valence-electron chi connectivity index (χ1n) is 19.7. The minimum absolute atomic E-state index is 1.11. The summed E-state index contributed by atoms with van der Waals surface area (Å²) in [4.78, 5) is 2.35. The lowest BCUT2D eigenvalue weighted by Gasteiger charge is -2.25. The Kier molecular flexibility index (Phi) is 7.62. The zero-order chi connectivity index (χ0) is 38.2. The van der Waals surface area contributed by atoms with E-state index in [0.717, 1.165) is 22.7 Å². The zero-order valence-corrected chi connectivity index (χ0v) is 33.0. The second kappa shape index (κ2) is 13.3. The summed E-state index contributed by atoms with van der Waals surface area (Å²) in [6, 6.07) is 75.6. The van der Waals surface area contributed by atoms with Gasteiger partial charge in [0.25, 0.3) is 0 Å². The molecule has 272 valence electrons. The Bertz CT molecular complexity index is 3480. The highest BCUT2D eigenvalue weighted by atomic mass is 32.1. The monoisotopic (exact) mass is 774 g/mol. The molecule has 0 bridgehead atoms. The molecule has 3 heterocycles. The number of fused-ring (bicyclic) bond motifs is 9. The third-order valence-electron chi connectivity index (χ3n) is 11.6. The van der Waals surface area contributed by atoms with E-state index in [4.69, 9.17) is 0 Å². The van der Waals surface area contributed by atoms with Gasteiger partial charge in [-0.25, -0.2) is 0 Å². The van der Waals surface area contributed by atoms with Crippen molar-refractivity contribution in [1.29, 1.82) is 0 Å². The molecule has 58 heavy (non-hydrogen) atoms. The van der Waals surface area contributed by atoms with Crippen molar-refractivity contribution in [3.8, 4) is 27.9 Å². The lowest BCUT2D eigenvalue weighted by atomic mass is 9.92. The molecule has 0 unspecified atom stereocenters. The number of hydrogen-bond acceptors (Lipinski definition) is 3. The first-order chi connectivity index (χ1) is 28.8. The number of aromatic nitrogens is 1. The van der Waals surface area contributed by atoms with Gasteiger partial charge in [0.1, 0.15) is 0 Å². The molecule has 0 aliphatic carbocycles. The van der Waals surface area contributed by atoms with Gasteiger partial charge >= 0.3 is 0 Å². The van der Waals surface area contributed by atoms with Gasteiger partial charge in [-0.1, -0.05) is 140 Å². The Balaban J connectivity index is 1.14. The quantitative estimate of drug-likeness (QED) is 0.163. The van der Waals surface area contributed by atoms with Gasteiger partial charge in [0, 0.05) is 85.0 Å². The van der Waals surface area contributed by atoms with Gasteiger partial charge in [-0.15, -0.1) is 22.7 Å². The normalized spacial score (nSPS) is 11.8. The standard InChI is InChI=1S/C54H34N2S2/c1-3-15-35(16-4-1)55(36-17-5-2-6-18-36)38-30-32-41-40-19-7-10-26-49(40)56(50(41)34-38)37-29-31-39(44-22-13-23-45-42-20-8-11-27-51(42)57-53(44)45)48(33-37)47-25-14-24-46-43-21-9-12-28-52(43)58-54(46)47/h1-34H. The van der Waals surface area contributed by atoms with Gasteiger partial charge in [0.05, 0.1) is 11.0 Å². The largest absolute Gasteiger partial charge is 0.310 e. The van der Waals surface area contributed by atoms with E-state index in [1.54, 1.807) is 0 Å². The summed E-state index contributed by atoms with van der Waals surface area (Å²) < 4.78 is 7.74. The summed E-state index contributed by atoms with van der Waals surface area (Å²) in [6.45, 7) is 0. The molecule has 0 aliphatic rings. The molecule has 12 aromatic rings. The van der Waals surface area contributed by atoms with Crippen molar-refractivity contribution in [1.82, 2.24) is 4.57 Å². The maximum absolute atomic E-state index is 2.47. The van der Waals surface area contributed by atoms with Crippen LogP contribution >= 0.6 is 22.7 Å². The summed E-state index contributed by atoms with van der Waals surface area (Å²) in [5.74, 6) is 0. The fourth-order valence-electron chi connectivity index (χ4n) is 9.03. The average Bonchev–Trinajstić information content (AvgIpc) is 3.97. The Hall–Kier alpha value is -6.98. The lowest BCUT2D eigenvalue weighted by Crippen LogP contribution is -2.09. The van der Waals surface area contributed by atoms with E-state index in [9.17, 15) is 0 Å². The highest BCUT2D eigenvalue weighted by Gasteiger charge is 2.21. The smallest absolute Gasteiger partial charge is 0.0561 e. The molecule has 0 spiro atoms. The average molecular weight is 775 g/mol. The lowest BCUT2D eigenvalue weighted by molar-refractivity contribution is 1.18. The van der Waals surface area contributed by atoms with Crippen molar-refractivity contribution >= 4 is 102 Å². The second-order valence-corrected chi connectivity index (χ2v) is 17.0. The van der Waals surface area contributed by atoms with Crippen LogP contribution in [0.3, 0.4) is 0 Å². The third-order valence-corrected chi connectivity index (χ3v) is 14.0. The van der Waals surface area contributed by atoms with E-state index in [2.05, 4.69) is 216 Å². The van der Waals surface area contributed by atoms with Crippen LogP contribution in [0, 0.1) is 0 Å². The summed E-state index contributed by atoms with van der Waals surface area (Å²) >= 11 is 3.79. The van der Waals surface area contributed by atoms with Crippen LogP contribution in [0.15, 0.2) is 206 Å². The highest BCUT2D eigenvalue weighted by Crippen LogP contribution is 2.48. The summed E-state index contributed by atoms with van der Waals surface area (Å²) in [7, 11) is 0. The van der Waals surface area contributed by atoms with Gasteiger partial charge in [0.2, 0.25) is 0 Å². The van der Waals surface area contributed by atoms with Crippen LogP contribution in [-0.4, -0.2) is 4.57 Å². The van der Waals surface area contributed by atoms with Crippen LogP contribution in [0.2, 0.25) is 0 Å². The van der Waals surface area contributed by atoms with E-state index in [0.29, 0.717) is 0 Å². The van der Waals surface area contributed by atoms with E-state index < -0.39 is 0 Å². The molecule has 0 amide bonds. The molecule has 0 aliphatic heterocycles. The van der Waals surface area contributed by atoms with Crippen molar-refractivity contribution < 1.29 is 0 Å². The van der Waals surface area contributed by atoms with Crippen LogP contribution in [-0.2, 0) is 0 Å². The predicted octanol–water partition coefficient (Wildman–Crippen LogP) is 16.3. The zero-order valence-electron chi connectivity index (χ0n) is 31.3. The molecule has 0 fully saturated rings. The number of hydrogen-bond donors (Lipinski definition) is 0. The Morgan fingerprint density at radius 2 is 0.828 bits per heavy atom. The number of anilines is 3. The number of nitrogens with zero attached hydrogens (tertiary/aromatic N) is 2. The maximum Gasteiger partial charge on any atom is 0.0561 e. The fourth-order valence-corrected chi connectivity index (χ4v) is 11.5. The van der Waals surface area contributed by atoms with Gasteiger partial charge < -0.3 is 9.47 Å². The van der Waals surface area contributed by atoms with Crippen molar-refractivity contribution in [2.45, 2.75) is 0 Å². The molecule has 0 N–H and O–H groups in total. The van der Waals surface area contributed by atoms with Gasteiger partial charge in [-0.3, -0.25) is 0 Å². The number of benzene rings is 9. The Morgan fingerprint density at radius 3 is 1.47 bits per heavy atom. The van der Waals surface area contributed by atoms with Crippen molar-refractivity contribution in [3.63, 3.8) is 0 Å². The Labute approximate surface area is 343 Å². The summed E-state index contributed by atoms with van der Waals surface area (Å²) in [5, 5.41) is 7.71. The summed E-state index contributed by atoms with van der Waals surface area (Å²) in [5.41, 5.74) is 11.8. The third kappa shape index (κ3) is 5.16. The SMILES string of the molecule is c1ccc(N(c2ccccc2)c2ccc3c4ccccc4n(-c4ccc(-c5cccc6c5sc5ccccc56)c(-c5cccc6c5sc5ccccc56)c4)c3c2)cc1. The van der Waals surface area contributed by atoms with Gasteiger partial charge in [-0.2, -0.15) is 0 Å². The predicted molar refractivity (Wildman–Crippen MR) is 252 cm³/mol. The molecular formula is C54H34N2S2. The molecular weight excluding hydrogens is 741 g/mol. The van der Waals surface area contributed by atoms with Gasteiger partial charge in [-0.05, 0) is 77.9 Å². The second-order valence-electron chi connectivity index (χ2n) is 14.9. The highest BCUT2D eigenvalue weighted by molar-refractivity contribution is 7.26. The number of thiophene rings is 2. The number of rotatable bonds is 6. The van der Waals surface area contributed by atoms with E-state index in [-0.39, 0.29) is 0 Å². The molecule has 0 saturated carbocycles. The van der Waals surface area contributed by atoms with Crippen molar-refractivity contribution in [3.05, 3.63) is 206 Å². The first-order valence-corrected chi connectivity index (χ1v) is 21.3. The fraction of sp³-hybridized carbons (Fsp3) is 0. The molecule has 2 nitrogen and oxygen atoms in total. The van der Waals surface area contributed by atoms with E-state index >= 15 is 0 Å². The van der Waals surface area contributed by atoms with E-state index in [1.165, 1.54) is 84.4 Å². The molecule has 3 aromatic heterocycles. The topological polar surface area (TPSA) is 8.17 Å². The number of para-hydroxylation sites is 3. The Morgan fingerprint density at radius 1 is 0.310 bits per heavy atom. The molecule has 0 saturated heterocycles.